The SMILES string of the molecule is CCNC(=NCc1ncc(C)s1)NCCOCCS(C)(=O)=O. The molecule has 0 aliphatic heterocycles. The van der Waals surface area contributed by atoms with Crippen LogP contribution in [0.1, 0.15) is 16.8 Å². The Balaban J connectivity index is 2.28. The lowest BCUT2D eigenvalue weighted by Gasteiger charge is -2.11. The number of nitrogens with one attached hydrogen (secondary N) is 2. The zero-order valence-electron chi connectivity index (χ0n) is 13.3. The highest BCUT2D eigenvalue weighted by atomic mass is 32.2. The molecule has 0 saturated heterocycles. The minimum atomic E-state index is -2.96. The molecule has 0 aliphatic carbocycles. The highest BCUT2D eigenvalue weighted by Crippen LogP contribution is 2.11. The molecular formula is C13H24N4O3S2. The van der Waals surface area contributed by atoms with Gasteiger partial charge in [0.2, 0.25) is 0 Å². The molecule has 0 radical (unpaired) electrons. The zero-order chi connectivity index (χ0) is 16.4. The number of nitrogens with zero attached hydrogens (tertiary/aromatic N) is 2. The van der Waals surface area contributed by atoms with E-state index >= 15 is 0 Å². The van der Waals surface area contributed by atoms with Gasteiger partial charge in [-0.05, 0) is 13.8 Å². The molecule has 0 aliphatic rings. The Kier molecular flexibility index (Phi) is 8.36. The third kappa shape index (κ3) is 8.96. The molecule has 2 N–H and O–H groups in total. The van der Waals surface area contributed by atoms with Crippen LogP contribution in [0.3, 0.4) is 0 Å². The predicted octanol–water partition coefficient (Wildman–Crippen LogP) is 0.568. The molecule has 0 fully saturated rings. The number of guanidine groups is 1. The standard InChI is InChI=1S/C13H24N4O3S2/c1-4-14-13(17-10-12-16-9-11(2)21-12)15-5-6-20-7-8-22(3,18)19/h9H,4-8,10H2,1-3H3,(H2,14,15,17). The summed E-state index contributed by atoms with van der Waals surface area (Å²) in [5.41, 5.74) is 0. The summed E-state index contributed by atoms with van der Waals surface area (Å²) in [4.78, 5) is 9.88. The third-order valence-corrected chi connectivity index (χ3v) is 4.33. The van der Waals surface area contributed by atoms with Gasteiger partial charge in [-0.25, -0.2) is 18.4 Å². The van der Waals surface area contributed by atoms with Gasteiger partial charge in [-0.15, -0.1) is 11.3 Å². The van der Waals surface area contributed by atoms with Crippen LogP contribution in [-0.2, 0) is 21.1 Å². The fourth-order valence-electron chi connectivity index (χ4n) is 1.52. The summed E-state index contributed by atoms with van der Waals surface area (Å²) in [6.45, 7) is 6.51. The van der Waals surface area contributed by atoms with E-state index in [0.29, 0.717) is 25.7 Å². The number of aliphatic imine (C=N–C) groups is 1. The number of aryl methyl sites for hydroxylation is 1. The van der Waals surface area contributed by atoms with E-state index in [1.807, 2.05) is 20.0 Å². The topological polar surface area (TPSA) is 92.7 Å². The molecule has 7 nitrogen and oxygen atoms in total. The molecule has 22 heavy (non-hydrogen) atoms. The van der Waals surface area contributed by atoms with Crippen LogP contribution in [-0.4, -0.2) is 57.7 Å². The summed E-state index contributed by atoms with van der Waals surface area (Å²) >= 11 is 1.63. The second-order valence-electron chi connectivity index (χ2n) is 4.73. The number of ether oxygens (including phenoxy) is 1. The van der Waals surface area contributed by atoms with Crippen molar-refractivity contribution in [1.82, 2.24) is 15.6 Å². The van der Waals surface area contributed by atoms with Gasteiger partial charge in [0.25, 0.3) is 0 Å². The number of aromatic nitrogens is 1. The molecule has 0 unspecified atom stereocenters. The van der Waals surface area contributed by atoms with E-state index in [1.165, 1.54) is 11.1 Å². The van der Waals surface area contributed by atoms with Crippen molar-refractivity contribution in [2.75, 3.05) is 38.3 Å². The van der Waals surface area contributed by atoms with Crippen LogP contribution in [0.25, 0.3) is 0 Å². The average Bonchev–Trinajstić information content (AvgIpc) is 2.84. The van der Waals surface area contributed by atoms with Crippen LogP contribution in [0.5, 0.6) is 0 Å². The molecule has 0 aromatic carbocycles. The van der Waals surface area contributed by atoms with E-state index in [9.17, 15) is 8.42 Å². The van der Waals surface area contributed by atoms with Gasteiger partial charge >= 0.3 is 0 Å². The van der Waals surface area contributed by atoms with E-state index < -0.39 is 9.84 Å². The van der Waals surface area contributed by atoms with Gasteiger partial charge < -0.3 is 15.4 Å². The minimum absolute atomic E-state index is 0.0462. The smallest absolute Gasteiger partial charge is 0.191 e. The monoisotopic (exact) mass is 348 g/mol. The van der Waals surface area contributed by atoms with E-state index in [2.05, 4.69) is 20.6 Å². The maximum absolute atomic E-state index is 10.9. The molecule has 0 bridgehead atoms. The summed E-state index contributed by atoms with van der Waals surface area (Å²) < 4.78 is 27.2. The van der Waals surface area contributed by atoms with Gasteiger partial charge in [0.1, 0.15) is 14.8 Å². The molecule has 1 aromatic rings. The van der Waals surface area contributed by atoms with Crippen molar-refractivity contribution in [3.05, 3.63) is 16.1 Å². The van der Waals surface area contributed by atoms with Crippen molar-refractivity contribution in [3.63, 3.8) is 0 Å². The van der Waals surface area contributed by atoms with Crippen molar-refractivity contribution in [3.8, 4) is 0 Å². The summed E-state index contributed by atoms with van der Waals surface area (Å²) in [6.07, 6.45) is 3.04. The van der Waals surface area contributed by atoms with Gasteiger partial charge in [0.15, 0.2) is 5.96 Å². The number of hydrogen-bond acceptors (Lipinski definition) is 6. The Morgan fingerprint density at radius 1 is 1.41 bits per heavy atom. The molecule has 0 saturated carbocycles. The summed E-state index contributed by atoms with van der Waals surface area (Å²) in [5.74, 6) is 0.743. The van der Waals surface area contributed by atoms with Crippen molar-refractivity contribution >= 4 is 27.1 Å². The first kappa shape index (κ1) is 18.9. The zero-order valence-corrected chi connectivity index (χ0v) is 14.9. The number of thiazole rings is 1. The van der Waals surface area contributed by atoms with Crippen LogP contribution >= 0.6 is 11.3 Å². The third-order valence-electron chi connectivity index (χ3n) is 2.52. The van der Waals surface area contributed by atoms with Crippen LogP contribution in [0, 0.1) is 6.92 Å². The first-order valence-corrected chi connectivity index (χ1v) is 9.97. The molecular weight excluding hydrogens is 324 g/mol. The van der Waals surface area contributed by atoms with Gasteiger partial charge in [-0.2, -0.15) is 0 Å². The Labute approximate surface area is 136 Å². The maximum atomic E-state index is 10.9. The predicted molar refractivity (Wildman–Crippen MR) is 90.2 cm³/mol. The molecule has 1 heterocycles. The lowest BCUT2D eigenvalue weighted by molar-refractivity contribution is 0.154. The number of hydrogen-bond donors (Lipinski definition) is 2. The van der Waals surface area contributed by atoms with Gasteiger partial charge in [-0.1, -0.05) is 0 Å². The molecule has 1 rings (SSSR count). The van der Waals surface area contributed by atoms with E-state index in [4.69, 9.17) is 4.74 Å². The van der Waals surface area contributed by atoms with Gasteiger partial charge in [0.05, 0.1) is 25.5 Å². The lowest BCUT2D eigenvalue weighted by atomic mass is 10.6. The van der Waals surface area contributed by atoms with E-state index in [-0.39, 0.29) is 12.4 Å². The molecule has 1 aromatic heterocycles. The number of rotatable bonds is 9. The second kappa shape index (κ2) is 9.75. The maximum Gasteiger partial charge on any atom is 0.191 e. The Morgan fingerprint density at radius 3 is 2.77 bits per heavy atom. The molecule has 0 amide bonds. The van der Waals surface area contributed by atoms with Crippen LogP contribution in [0.4, 0.5) is 0 Å². The average molecular weight is 348 g/mol. The summed E-state index contributed by atoms with van der Waals surface area (Å²) in [6, 6.07) is 0. The molecule has 0 spiro atoms. The number of sulfone groups is 1. The highest BCUT2D eigenvalue weighted by molar-refractivity contribution is 7.90. The lowest BCUT2D eigenvalue weighted by Crippen LogP contribution is -2.39. The Hall–Kier alpha value is -1.19. The van der Waals surface area contributed by atoms with Crippen molar-refractivity contribution in [2.24, 2.45) is 4.99 Å². The Bertz CT molecular complexity index is 570. The molecule has 9 heteroatoms. The van der Waals surface area contributed by atoms with Gasteiger partial charge in [0, 0.05) is 30.4 Å². The largest absolute Gasteiger partial charge is 0.379 e. The van der Waals surface area contributed by atoms with Crippen LogP contribution < -0.4 is 10.6 Å². The first-order valence-electron chi connectivity index (χ1n) is 7.09. The van der Waals surface area contributed by atoms with Gasteiger partial charge in [-0.3, -0.25) is 0 Å². The normalized spacial score (nSPS) is 12.4. The fraction of sp³-hybridized carbons (Fsp3) is 0.692. The quantitative estimate of drug-likeness (QED) is 0.385. The summed E-state index contributed by atoms with van der Waals surface area (Å²) in [7, 11) is -2.96. The minimum Gasteiger partial charge on any atom is -0.379 e. The second-order valence-corrected chi connectivity index (χ2v) is 8.31. The molecule has 126 valence electrons. The highest BCUT2D eigenvalue weighted by Gasteiger charge is 2.02. The summed E-state index contributed by atoms with van der Waals surface area (Å²) in [5, 5.41) is 7.25. The Morgan fingerprint density at radius 2 is 2.18 bits per heavy atom. The fourth-order valence-corrected chi connectivity index (χ4v) is 2.65. The van der Waals surface area contributed by atoms with E-state index in [1.54, 1.807) is 11.3 Å². The molecule has 0 atom stereocenters. The van der Waals surface area contributed by atoms with Crippen molar-refractivity contribution < 1.29 is 13.2 Å². The van der Waals surface area contributed by atoms with Crippen molar-refractivity contribution in [1.29, 1.82) is 0 Å². The van der Waals surface area contributed by atoms with E-state index in [0.717, 1.165) is 11.6 Å². The van der Waals surface area contributed by atoms with Crippen LogP contribution in [0.2, 0.25) is 0 Å². The first-order chi connectivity index (χ1) is 10.4. The van der Waals surface area contributed by atoms with Crippen molar-refractivity contribution in [2.45, 2.75) is 20.4 Å². The van der Waals surface area contributed by atoms with Crippen LogP contribution in [0.15, 0.2) is 11.2 Å².